The van der Waals surface area contributed by atoms with Gasteiger partial charge in [0.15, 0.2) is 0 Å². The predicted octanol–water partition coefficient (Wildman–Crippen LogP) is 2.37. The van der Waals surface area contributed by atoms with Crippen LogP contribution in [0.15, 0.2) is 0 Å². The lowest BCUT2D eigenvalue weighted by Gasteiger charge is -2.27. The first kappa shape index (κ1) is 16.4. The molecule has 0 radical (unpaired) electrons. The van der Waals surface area contributed by atoms with Crippen LogP contribution < -0.4 is 5.32 Å². The second-order valence-electron chi connectivity index (χ2n) is 5.36. The van der Waals surface area contributed by atoms with Crippen LogP contribution in [0.4, 0.5) is 0 Å². The Bertz CT molecular complexity index is 238. The molecular formula is C15H29NO3. The predicted molar refractivity (Wildman–Crippen MR) is 76.1 cm³/mol. The molecule has 4 nitrogen and oxygen atoms in total. The van der Waals surface area contributed by atoms with Crippen LogP contribution in [-0.2, 0) is 14.3 Å². The number of esters is 1. The average Bonchev–Trinajstić information content (AvgIpc) is 2.43. The van der Waals surface area contributed by atoms with Gasteiger partial charge in [0, 0.05) is 6.54 Å². The lowest BCUT2D eigenvalue weighted by molar-refractivity contribution is -0.148. The summed E-state index contributed by atoms with van der Waals surface area (Å²) in [6.07, 6.45) is 6.83. The Morgan fingerprint density at radius 3 is 2.47 bits per heavy atom. The van der Waals surface area contributed by atoms with E-state index in [1.165, 1.54) is 32.1 Å². The summed E-state index contributed by atoms with van der Waals surface area (Å²) in [6.45, 7) is 7.05. The molecule has 0 saturated heterocycles. The van der Waals surface area contributed by atoms with E-state index >= 15 is 0 Å². The van der Waals surface area contributed by atoms with Crippen molar-refractivity contribution in [1.29, 1.82) is 0 Å². The van der Waals surface area contributed by atoms with Crippen LogP contribution in [0.2, 0.25) is 0 Å². The van der Waals surface area contributed by atoms with Gasteiger partial charge in [-0.05, 0) is 38.1 Å². The van der Waals surface area contributed by atoms with Crippen LogP contribution in [0.1, 0.15) is 46.0 Å². The molecule has 19 heavy (non-hydrogen) atoms. The van der Waals surface area contributed by atoms with Gasteiger partial charge < -0.3 is 14.8 Å². The largest absolute Gasteiger partial charge is 0.464 e. The third-order valence-corrected chi connectivity index (χ3v) is 3.93. The average molecular weight is 271 g/mol. The molecule has 1 rings (SSSR count). The van der Waals surface area contributed by atoms with Crippen LogP contribution in [0.25, 0.3) is 0 Å². The number of hydrogen-bond donors (Lipinski definition) is 1. The van der Waals surface area contributed by atoms with E-state index in [9.17, 15) is 4.79 Å². The van der Waals surface area contributed by atoms with E-state index < -0.39 is 0 Å². The summed E-state index contributed by atoms with van der Waals surface area (Å²) in [5, 5.41) is 3.42. The molecule has 0 amide bonds. The summed E-state index contributed by atoms with van der Waals surface area (Å²) < 4.78 is 10.0. The molecule has 112 valence electrons. The second kappa shape index (κ2) is 10.2. The molecule has 0 aromatic carbocycles. The van der Waals surface area contributed by atoms with Gasteiger partial charge in [-0.3, -0.25) is 0 Å². The van der Waals surface area contributed by atoms with E-state index in [1.807, 2.05) is 0 Å². The zero-order valence-electron chi connectivity index (χ0n) is 12.5. The lowest BCUT2D eigenvalue weighted by atomic mass is 9.81. The van der Waals surface area contributed by atoms with E-state index in [0.29, 0.717) is 13.2 Å². The van der Waals surface area contributed by atoms with Gasteiger partial charge in [0.1, 0.15) is 6.61 Å². The lowest BCUT2D eigenvalue weighted by Crippen LogP contribution is -2.29. The monoisotopic (exact) mass is 271 g/mol. The van der Waals surface area contributed by atoms with E-state index in [4.69, 9.17) is 9.47 Å². The summed E-state index contributed by atoms with van der Waals surface area (Å²) in [5.41, 5.74) is 0. The summed E-state index contributed by atoms with van der Waals surface area (Å²) in [5.74, 6) is 1.51. The van der Waals surface area contributed by atoms with E-state index in [-0.39, 0.29) is 12.6 Å². The first-order valence-corrected chi connectivity index (χ1v) is 7.70. The van der Waals surface area contributed by atoms with Gasteiger partial charge in [-0.15, -0.1) is 0 Å². The highest BCUT2D eigenvalue weighted by atomic mass is 16.6. The van der Waals surface area contributed by atoms with Crippen molar-refractivity contribution in [1.82, 2.24) is 5.32 Å². The molecule has 1 fully saturated rings. The van der Waals surface area contributed by atoms with Gasteiger partial charge in [-0.2, -0.15) is 0 Å². The standard InChI is InChI=1S/C15H29NO3/c1-3-13-5-7-14(8-6-13)11-16-9-10-18-12-15(17)19-4-2/h13-14,16H,3-12H2,1-2H3. The fourth-order valence-electron chi connectivity index (χ4n) is 2.65. The molecule has 0 aromatic heterocycles. The Labute approximate surface area is 117 Å². The smallest absolute Gasteiger partial charge is 0.332 e. The number of nitrogens with one attached hydrogen (secondary N) is 1. The Hall–Kier alpha value is -0.610. The minimum Gasteiger partial charge on any atom is -0.464 e. The molecule has 0 unspecified atom stereocenters. The van der Waals surface area contributed by atoms with Gasteiger partial charge in [0.05, 0.1) is 13.2 Å². The van der Waals surface area contributed by atoms with Crippen molar-refractivity contribution >= 4 is 5.97 Å². The highest BCUT2D eigenvalue weighted by Gasteiger charge is 2.19. The molecule has 0 spiro atoms. The number of carbonyl (C=O) groups excluding carboxylic acids is 1. The van der Waals surface area contributed by atoms with Crippen LogP contribution in [-0.4, -0.2) is 38.9 Å². The summed E-state index contributed by atoms with van der Waals surface area (Å²) >= 11 is 0. The second-order valence-corrected chi connectivity index (χ2v) is 5.36. The quantitative estimate of drug-likeness (QED) is 0.516. The first-order valence-electron chi connectivity index (χ1n) is 7.70. The number of carbonyl (C=O) groups is 1. The molecule has 1 aliphatic rings. The normalized spacial score (nSPS) is 23.3. The molecule has 0 bridgehead atoms. The van der Waals surface area contributed by atoms with Crippen LogP contribution in [0, 0.1) is 11.8 Å². The topological polar surface area (TPSA) is 47.6 Å². The van der Waals surface area contributed by atoms with Crippen LogP contribution in [0.3, 0.4) is 0 Å². The summed E-state index contributed by atoms with van der Waals surface area (Å²) in [7, 11) is 0. The van der Waals surface area contributed by atoms with Gasteiger partial charge in [-0.25, -0.2) is 4.79 Å². The third-order valence-electron chi connectivity index (χ3n) is 3.93. The Morgan fingerprint density at radius 2 is 1.84 bits per heavy atom. The molecule has 0 heterocycles. The highest BCUT2D eigenvalue weighted by molar-refractivity contribution is 5.70. The molecule has 0 aromatic rings. The third kappa shape index (κ3) is 7.53. The van der Waals surface area contributed by atoms with E-state index in [2.05, 4.69) is 12.2 Å². The van der Waals surface area contributed by atoms with Crippen LogP contribution in [0.5, 0.6) is 0 Å². The zero-order valence-corrected chi connectivity index (χ0v) is 12.5. The maximum Gasteiger partial charge on any atom is 0.332 e. The number of ether oxygens (including phenoxy) is 2. The van der Waals surface area contributed by atoms with Crippen molar-refractivity contribution in [2.75, 3.05) is 32.9 Å². The van der Waals surface area contributed by atoms with Crippen molar-refractivity contribution in [3.05, 3.63) is 0 Å². The van der Waals surface area contributed by atoms with Crippen molar-refractivity contribution < 1.29 is 14.3 Å². The number of rotatable bonds is 9. The van der Waals surface area contributed by atoms with E-state index in [1.54, 1.807) is 6.92 Å². The highest BCUT2D eigenvalue weighted by Crippen LogP contribution is 2.29. The van der Waals surface area contributed by atoms with E-state index in [0.717, 1.165) is 24.9 Å². The maximum atomic E-state index is 11.0. The first-order chi connectivity index (χ1) is 9.26. The molecule has 1 N–H and O–H groups in total. The minimum absolute atomic E-state index is 0.0666. The fourth-order valence-corrected chi connectivity index (χ4v) is 2.65. The van der Waals surface area contributed by atoms with Crippen molar-refractivity contribution in [2.24, 2.45) is 11.8 Å². The van der Waals surface area contributed by atoms with Gasteiger partial charge >= 0.3 is 5.97 Å². The van der Waals surface area contributed by atoms with Crippen molar-refractivity contribution in [3.63, 3.8) is 0 Å². The summed E-state index contributed by atoms with van der Waals surface area (Å²) in [6, 6.07) is 0. The zero-order chi connectivity index (χ0) is 13.9. The fraction of sp³-hybridized carbons (Fsp3) is 0.933. The van der Waals surface area contributed by atoms with Gasteiger partial charge in [0.25, 0.3) is 0 Å². The molecule has 1 aliphatic carbocycles. The van der Waals surface area contributed by atoms with Crippen molar-refractivity contribution in [2.45, 2.75) is 46.0 Å². The number of hydrogen-bond acceptors (Lipinski definition) is 4. The Morgan fingerprint density at radius 1 is 1.16 bits per heavy atom. The molecule has 1 saturated carbocycles. The summed E-state index contributed by atoms with van der Waals surface area (Å²) in [4.78, 5) is 11.0. The Balaban J connectivity index is 1.90. The molecule has 4 heteroatoms. The molecule has 0 aliphatic heterocycles. The SMILES string of the molecule is CCOC(=O)COCCNCC1CCC(CC)CC1. The Kier molecular flexibility index (Phi) is 8.84. The van der Waals surface area contributed by atoms with Gasteiger partial charge in [-0.1, -0.05) is 26.2 Å². The maximum absolute atomic E-state index is 11.0. The minimum atomic E-state index is -0.277. The molecule has 0 atom stereocenters. The van der Waals surface area contributed by atoms with Gasteiger partial charge in [0.2, 0.25) is 0 Å². The molecular weight excluding hydrogens is 242 g/mol. The van der Waals surface area contributed by atoms with Crippen molar-refractivity contribution in [3.8, 4) is 0 Å². The van der Waals surface area contributed by atoms with Crippen LogP contribution >= 0.6 is 0 Å².